The van der Waals surface area contributed by atoms with Crippen molar-refractivity contribution in [2.75, 3.05) is 4.90 Å². The van der Waals surface area contributed by atoms with Crippen molar-refractivity contribution in [1.29, 1.82) is 0 Å². The van der Waals surface area contributed by atoms with Gasteiger partial charge < -0.3 is 9.57 Å². The van der Waals surface area contributed by atoms with Crippen molar-refractivity contribution in [3.63, 3.8) is 0 Å². The quantitative estimate of drug-likeness (QED) is 0.562. The second kappa shape index (κ2) is 6.34. The van der Waals surface area contributed by atoms with E-state index in [0.717, 1.165) is 11.0 Å². The number of para-hydroxylation sites is 2. The Bertz CT molecular complexity index is 1340. The van der Waals surface area contributed by atoms with E-state index in [2.05, 4.69) is 15.1 Å². The van der Waals surface area contributed by atoms with E-state index in [1.165, 1.54) is 4.90 Å². The lowest BCUT2D eigenvalue weighted by Crippen LogP contribution is -2.45. The fourth-order valence-electron chi connectivity index (χ4n) is 5.49. The minimum atomic E-state index is -0.582. The molecule has 0 spiro atoms. The molecule has 3 saturated heterocycles. The molecule has 2 bridgehead atoms. The molecule has 0 N–H and O–H groups in total. The Hall–Kier alpha value is -3.36. The van der Waals surface area contributed by atoms with Crippen molar-refractivity contribution < 1.29 is 19.2 Å². The van der Waals surface area contributed by atoms with Crippen LogP contribution >= 0.6 is 11.6 Å². The number of anilines is 1. The zero-order valence-electron chi connectivity index (χ0n) is 16.5. The Kier molecular flexibility index (Phi) is 3.61. The van der Waals surface area contributed by atoms with Crippen LogP contribution in [0.2, 0.25) is 5.02 Å². The van der Waals surface area contributed by atoms with Gasteiger partial charge in [0.25, 0.3) is 0 Å². The van der Waals surface area contributed by atoms with Gasteiger partial charge in [-0.15, -0.1) is 0 Å². The number of hydrogen-bond donors (Lipinski definition) is 0. The van der Waals surface area contributed by atoms with Crippen molar-refractivity contribution in [2.45, 2.75) is 18.3 Å². The summed E-state index contributed by atoms with van der Waals surface area (Å²) < 4.78 is 6.15. The summed E-state index contributed by atoms with van der Waals surface area (Å²) in [5.41, 5.74) is 3.25. The fourth-order valence-corrected chi connectivity index (χ4v) is 5.62. The highest BCUT2D eigenvalue weighted by Crippen LogP contribution is 2.55. The molecule has 8 nitrogen and oxygen atoms in total. The molecule has 1 aromatic heterocycles. The summed E-state index contributed by atoms with van der Waals surface area (Å²) in [6.45, 7) is 0. The van der Waals surface area contributed by atoms with E-state index in [-0.39, 0.29) is 17.7 Å². The maximum absolute atomic E-state index is 13.4. The number of ether oxygens (including phenoxy) is 1. The average molecular weight is 447 g/mol. The van der Waals surface area contributed by atoms with Gasteiger partial charge in [-0.2, -0.15) is 0 Å². The Labute approximate surface area is 186 Å². The van der Waals surface area contributed by atoms with Crippen molar-refractivity contribution in [3.8, 4) is 0 Å². The molecule has 3 aromatic rings. The first-order chi connectivity index (χ1) is 15.6. The van der Waals surface area contributed by atoms with Crippen LogP contribution in [-0.4, -0.2) is 45.8 Å². The number of fused-ring (bicyclic) bond motifs is 9. The van der Waals surface area contributed by atoms with E-state index in [0.29, 0.717) is 22.1 Å². The first kappa shape index (κ1) is 18.2. The highest BCUT2D eigenvalue weighted by molar-refractivity contribution is 6.31. The predicted molar refractivity (Wildman–Crippen MR) is 114 cm³/mol. The largest absolute Gasteiger partial charge is 0.389 e. The van der Waals surface area contributed by atoms with Crippen LogP contribution in [0.3, 0.4) is 0 Å². The number of carbonyl (C=O) groups excluding carboxylic acids is 2. The molecule has 0 aliphatic carbocycles. The molecule has 32 heavy (non-hydrogen) atoms. The van der Waals surface area contributed by atoms with E-state index >= 15 is 0 Å². The van der Waals surface area contributed by atoms with Gasteiger partial charge in [-0.1, -0.05) is 28.9 Å². The molecule has 2 aromatic carbocycles. The van der Waals surface area contributed by atoms with Gasteiger partial charge in [-0.3, -0.25) is 14.6 Å². The number of imide groups is 1. The van der Waals surface area contributed by atoms with Crippen molar-refractivity contribution >= 4 is 45.8 Å². The second-order valence-corrected chi connectivity index (χ2v) is 8.86. The van der Waals surface area contributed by atoms with Crippen LogP contribution in [0.25, 0.3) is 11.0 Å². The van der Waals surface area contributed by atoms with Crippen LogP contribution in [0.15, 0.2) is 59.9 Å². The van der Waals surface area contributed by atoms with Crippen LogP contribution in [0.4, 0.5) is 5.69 Å². The third kappa shape index (κ3) is 2.28. The maximum atomic E-state index is 13.4. The Morgan fingerprint density at radius 1 is 0.844 bits per heavy atom. The SMILES string of the molecule is O=C1C2C3OC(C4C(c5cnc6ccccc6n5)=NOC34)C2C(=O)N1c1ccc(Cl)cc1. The molecule has 5 heterocycles. The van der Waals surface area contributed by atoms with Gasteiger partial charge in [0.1, 0.15) is 17.5 Å². The number of benzene rings is 2. The molecule has 4 aliphatic heterocycles. The van der Waals surface area contributed by atoms with Crippen molar-refractivity contribution in [2.24, 2.45) is 22.9 Å². The summed E-state index contributed by atoms with van der Waals surface area (Å²) in [7, 11) is 0. The smallest absolute Gasteiger partial charge is 0.240 e. The van der Waals surface area contributed by atoms with Gasteiger partial charge >= 0.3 is 0 Å². The highest BCUT2D eigenvalue weighted by Gasteiger charge is 2.72. The van der Waals surface area contributed by atoms with Crippen LogP contribution in [0.5, 0.6) is 0 Å². The molecule has 9 heteroatoms. The van der Waals surface area contributed by atoms with Gasteiger partial charge in [0.15, 0.2) is 6.10 Å². The number of nitrogens with zero attached hydrogens (tertiary/aromatic N) is 4. The molecule has 6 unspecified atom stereocenters. The van der Waals surface area contributed by atoms with Gasteiger partial charge in [-0.25, -0.2) is 9.88 Å². The minimum absolute atomic E-state index is 0.260. The van der Waals surface area contributed by atoms with Crippen LogP contribution in [-0.2, 0) is 19.2 Å². The Morgan fingerprint density at radius 3 is 2.34 bits per heavy atom. The zero-order valence-corrected chi connectivity index (χ0v) is 17.2. The van der Waals surface area contributed by atoms with E-state index in [1.807, 2.05) is 24.3 Å². The molecule has 158 valence electrons. The average Bonchev–Trinajstić information content (AvgIpc) is 3.55. The van der Waals surface area contributed by atoms with Crippen LogP contribution in [0.1, 0.15) is 5.69 Å². The first-order valence-corrected chi connectivity index (χ1v) is 10.7. The molecule has 7 rings (SSSR count). The predicted octanol–water partition coefficient (Wildman–Crippen LogP) is 2.59. The summed E-state index contributed by atoms with van der Waals surface area (Å²) >= 11 is 5.97. The van der Waals surface area contributed by atoms with Crippen molar-refractivity contribution in [3.05, 3.63) is 65.4 Å². The molecule has 0 saturated carbocycles. The first-order valence-electron chi connectivity index (χ1n) is 10.4. The van der Waals surface area contributed by atoms with Crippen LogP contribution < -0.4 is 4.90 Å². The van der Waals surface area contributed by atoms with Gasteiger partial charge in [-0.05, 0) is 36.4 Å². The summed E-state index contributed by atoms with van der Waals surface area (Å²) in [5.74, 6) is -1.97. The Balaban J connectivity index is 1.24. The maximum Gasteiger partial charge on any atom is 0.240 e. The third-order valence-corrected chi connectivity index (χ3v) is 7.09. The number of oxime groups is 1. The normalized spacial score (nSPS) is 32.3. The zero-order chi connectivity index (χ0) is 21.6. The minimum Gasteiger partial charge on any atom is -0.389 e. The number of aromatic nitrogens is 2. The topological polar surface area (TPSA) is 94.0 Å². The summed E-state index contributed by atoms with van der Waals surface area (Å²) in [5, 5.41) is 4.82. The standard InChI is InChI=1S/C23H15ClN4O4/c24-10-5-7-11(8-6-10)28-22(29)15-16(23(28)30)20-21-17(19(15)31-20)18(27-32-21)14-9-25-12-3-1-2-4-13(12)26-14/h1-9,15-17,19-21H. The molecule has 2 amide bonds. The number of rotatable bonds is 2. The number of amides is 2. The van der Waals surface area contributed by atoms with Gasteiger partial charge in [0, 0.05) is 5.02 Å². The van der Waals surface area contributed by atoms with Crippen molar-refractivity contribution in [1.82, 2.24) is 9.97 Å². The monoisotopic (exact) mass is 446 g/mol. The molecular formula is C23H15ClN4O4. The fraction of sp³-hybridized carbons (Fsp3) is 0.261. The molecule has 0 radical (unpaired) electrons. The molecule has 3 fully saturated rings. The lowest BCUT2D eigenvalue weighted by Gasteiger charge is -2.25. The highest BCUT2D eigenvalue weighted by atomic mass is 35.5. The van der Waals surface area contributed by atoms with Gasteiger partial charge in [0.2, 0.25) is 11.8 Å². The summed E-state index contributed by atoms with van der Waals surface area (Å²) in [6.07, 6.45) is 0.209. The molecular weight excluding hydrogens is 432 g/mol. The van der Waals surface area contributed by atoms with E-state index < -0.39 is 30.1 Å². The van der Waals surface area contributed by atoms with E-state index in [9.17, 15) is 9.59 Å². The van der Waals surface area contributed by atoms with E-state index in [1.54, 1.807) is 30.5 Å². The summed E-state index contributed by atoms with van der Waals surface area (Å²) in [6, 6.07) is 14.3. The molecule has 4 aliphatic rings. The Morgan fingerprint density at radius 2 is 1.56 bits per heavy atom. The summed E-state index contributed by atoms with van der Waals surface area (Å²) in [4.78, 5) is 42.7. The van der Waals surface area contributed by atoms with Crippen LogP contribution in [0, 0.1) is 17.8 Å². The molecule has 6 atom stereocenters. The van der Waals surface area contributed by atoms with Gasteiger partial charge in [0.05, 0.1) is 46.8 Å². The lowest BCUT2D eigenvalue weighted by atomic mass is 9.72. The number of carbonyl (C=O) groups is 2. The number of halogens is 1. The third-order valence-electron chi connectivity index (χ3n) is 6.84. The second-order valence-electron chi connectivity index (χ2n) is 8.42. The number of hydrogen-bond acceptors (Lipinski definition) is 7. The lowest BCUT2D eigenvalue weighted by molar-refractivity contribution is -0.125. The van der Waals surface area contributed by atoms with E-state index in [4.69, 9.17) is 21.2 Å².